The molecule has 0 aromatic heterocycles. The first-order chi connectivity index (χ1) is 18.2. The molecule has 1 aliphatic heterocycles. The Morgan fingerprint density at radius 1 is 0.947 bits per heavy atom. The predicted octanol–water partition coefficient (Wildman–Crippen LogP) is 4.82. The molecule has 1 saturated heterocycles. The predicted molar refractivity (Wildman–Crippen MR) is 141 cm³/mol. The number of carboxylic acid groups (broad SMARTS) is 1. The molecular weight excluding hydrogens is 533 g/mol. The third-order valence-corrected chi connectivity index (χ3v) is 7.70. The Balaban J connectivity index is 1.61. The molecule has 2 unspecified atom stereocenters. The van der Waals surface area contributed by atoms with Crippen LogP contribution in [0.4, 0.5) is 4.79 Å². The summed E-state index contributed by atoms with van der Waals surface area (Å²) < 4.78 is 5.47. The summed E-state index contributed by atoms with van der Waals surface area (Å²) in [6.07, 6.45) is 2.19. The highest BCUT2D eigenvalue weighted by Crippen LogP contribution is 2.29. The Labute approximate surface area is 230 Å². The number of hydrogen-bond donors (Lipinski definition) is 2. The highest BCUT2D eigenvalue weighted by atomic mass is 35.5. The van der Waals surface area contributed by atoms with Gasteiger partial charge in [-0.3, -0.25) is 19.3 Å². The highest BCUT2D eigenvalue weighted by Gasteiger charge is 2.45. The van der Waals surface area contributed by atoms with Crippen molar-refractivity contribution < 1.29 is 29.0 Å². The molecule has 0 spiro atoms. The van der Waals surface area contributed by atoms with Crippen molar-refractivity contribution in [2.24, 2.45) is 5.92 Å². The van der Waals surface area contributed by atoms with Gasteiger partial charge in [-0.2, -0.15) is 0 Å². The minimum atomic E-state index is -1.34. The Kier molecular flexibility index (Phi) is 9.12. The van der Waals surface area contributed by atoms with Crippen LogP contribution in [0.1, 0.15) is 48.9 Å². The molecule has 202 valence electrons. The van der Waals surface area contributed by atoms with E-state index in [0.717, 1.165) is 32.1 Å². The Hall–Kier alpha value is -3.30. The number of amides is 3. The number of rotatable bonds is 7. The van der Waals surface area contributed by atoms with Crippen molar-refractivity contribution in [1.82, 2.24) is 15.1 Å². The SMILES string of the molecule is O=C(O)CC(NC(=O)C1N(C(=O)Oc2ccccc2)CCN1C(=O)c1ccc(Cl)c(Cl)c1)C1CCCCC1. The molecule has 0 radical (unpaired) electrons. The van der Waals surface area contributed by atoms with Crippen LogP contribution >= 0.6 is 23.2 Å². The van der Waals surface area contributed by atoms with Crippen molar-refractivity contribution in [3.05, 3.63) is 64.1 Å². The van der Waals surface area contributed by atoms with Gasteiger partial charge in [-0.05, 0) is 49.1 Å². The Bertz CT molecular complexity index is 1190. The largest absolute Gasteiger partial charge is 0.481 e. The third-order valence-electron chi connectivity index (χ3n) is 6.96. The third kappa shape index (κ3) is 6.57. The fourth-order valence-electron chi connectivity index (χ4n) is 5.08. The van der Waals surface area contributed by atoms with Gasteiger partial charge in [0.1, 0.15) is 5.75 Å². The maximum absolute atomic E-state index is 13.7. The lowest BCUT2D eigenvalue weighted by atomic mass is 9.82. The van der Waals surface area contributed by atoms with Crippen LogP contribution in [0.3, 0.4) is 0 Å². The van der Waals surface area contributed by atoms with E-state index in [1.165, 1.54) is 28.0 Å². The molecule has 9 nitrogen and oxygen atoms in total. The summed E-state index contributed by atoms with van der Waals surface area (Å²) >= 11 is 12.1. The van der Waals surface area contributed by atoms with Crippen LogP contribution in [0.2, 0.25) is 10.0 Å². The molecule has 2 atom stereocenters. The van der Waals surface area contributed by atoms with Crippen LogP contribution < -0.4 is 10.1 Å². The molecule has 1 heterocycles. The lowest BCUT2D eigenvalue weighted by molar-refractivity contribution is -0.138. The number of hydrogen-bond acceptors (Lipinski definition) is 5. The summed E-state index contributed by atoms with van der Waals surface area (Å²) in [5.74, 6) is -1.91. The monoisotopic (exact) mass is 561 g/mol. The van der Waals surface area contributed by atoms with Gasteiger partial charge in [0, 0.05) is 24.7 Å². The fraction of sp³-hybridized carbons (Fsp3) is 0.407. The molecular formula is C27H29Cl2N3O6. The topological polar surface area (TPSA) is 116 Å². The standard InChI is InChI=1S/C27H29Cl2N3O6/c28-20-12-11-18(15-21(20)29)26(36)31-13-14-32(27(37)38-19-9-5-2-6-10-19)25(31)24(35)30-22(16-23(33)34)17-7-3-1-4-8-17/h2,5-6,9-12,15,17,22,25H,1,3-4,7-8,13-14,16H2,(H,30,35)(H,33,34). The Morgan fingerprint density at radius 3 is 2.29 bits per heavy atom. The molecule has 2 aliphatic rings. The average molecular weight is 562 g/mol. The lowest BCUT2D eigenvalue weighted by Gasteiger charge is -2.34. The molecule has 0 bridgehead atoms. The average Bonchev–Trinajstić information content (AvgIpc) is 3.36. The van der Waals surface area contributed by atoms with Gasteiger partial charge in [0.25, 0.3) is 11.8 Å². The lowest BCUT2D eigenvalue weighted by Crippen LogP contribution is -2.57. The van der Waals surface area contributed by atoms with Gasteiger partial charge in [-0.15, -0.1) is 0 Å². The summed E-state index contributed by atoms with van der Waals surface area (Å²) in [7, 11) is 0. The number of carboxylic acids is 1. The molecule has 4 rings (SSSR count). The van der Waals surface area contributed by atoms with E-state index in [1.807, 2.05) is 0 Å². The molecule has 2 N–H and O–H groups in total. The van der Waals surface area contributed by atoms with E-state index < -0.39 is 36.1 Å². The number of halogens is 2. The highest BCUT2D eigenvalue weighted by molar-refractivity contribution is 6.42. The summed E-state index contributed by atoms with van der Waals surface area (Å²) in [6.45, 7) is 0.109. The molecule has 38 heavy (non-hydrogen) atoms. The van der Waals surface area contributed by atoms with E-state index in [2.05, 4.69) is 5.32 Å². The van der Waals surface area contributed by atoms with Gasteiger partial charge in [0.15, 0.2) is 6.17 Å². The second-order valence-corrected chi connectivity index (χ2v) is 10.3. The van der Waals surface area contributed by atoms with Crippen LogP contribution in [-0.4, -0.2) is 64.1 Å². The van der Waals surface area contributed by atoms with Crippen LogP contribution in [0.25, 0.3) is 0 Å². The van der Waals surface area contributed by atoms with Crippen LogP contribution in [0.5, 0.6) is 5.75 Å². The minimum Gasteiger partial charge on any atom is -0.481 e. The van der Waals surface area contributed by atoms with Gasteiger partial charge in [0.05, 0.1) is 16.5 Å². The minimum absolute atomic E-state index is 0.00542. The normalized spacial score (nSPS) is 18.6. The molecule has 3 amide bonds. The van der Waals surface area contributed by atoms with Gasteiger partial charge in [-0.1, -0.05) is 60.7 Å². The van der Waals surface area contributed by atoms with Crippen molar-refractivity contribution in [2.45, 2.75) is 50.7 Å². The number of ether oxygens (including phenoxy) is 1. The van der Waals surface area contributed by atoms with Crippen molar-refractivity contribution in [3.63, 3.8) is 0 Å². The zero-order valence-electron chi connectivity index (χ0n) is 20.6. The molecule has 1 saturated carbocycles. The van der Waals surface area contributed by atoms with Gasteiger partial charge in [-0.25, -0.2) is 4.79 Å². The fourth-order valence-corrected chi connectivity index (χ4v) is 5.37. The first kappa shape index (κ1) is 27.7. The number of para-hydroxylation sites is 1. The second-order valence-electron chi connectivity index (χ2n) is 9.49. The van der Waals surface area contributed by atoms with Crippen LogP contribution in [0, 0.1) is 5.92 Å². The number of benzene rings is 2. The zero-order chi connectivity index (χ0) is 27.2. The molecule has 2 fully saturated rings. The first-order valence-electron chi connectivity index (χ1n) is 12.6. The second kappa shape index (κ2) is 12.5. The van der Waals surface area contributed by atoms with Gasteiger partial charge >= 0.3 is 12.1 Å². The summed E-state index contributed by atoms with van der Waals surface area (Å²) in [6, 6.07) is 12.1. The smallest absolute Gasteiger partial charge is 0.417 e. The quantitative estimate of drug-likeness (QED) is 0.500. The van der Waals surface area contributed by atoms with E-state index in [1.54, 1.807) is 30.3 Å². The number of nitrogens with zero attached hydrogens (tertiary/aromatic N) is 2. The molecule has 2 aromatic rings. The van der Waals surface area contributed by atoms with Crippen molar-refractivity contribution in [2.75, 3.05) is 13.1 Å². The van der Waals surface area contributed by atoms with E-state index in [4.69, 9.17) is 27.9 Å². The van der Waals surface area contributed by atoms with Crippen LogP contribution in [-0.2, 0) is 9.59 Å². The van der Waals surface area contributed by atoms with E-state index in [-0.39, 0.29) is 46.8 Å². The number of carbonyl (C=O) groups excluding carboxylic acids is 3. The molecule has 2 aromatic carbocycles. The van der Waals surface area contributed by atoms with Crippen LogP contribution in [0.15, 0.2) is 48.5 Å². The van der Waals surface area contributed by atoms with Gasteiger partial charge in [0.2, 0.25) is 0 Å². The maximum Gasteiger partial charge on any atom is 0.417 e. The van der Waals surface area contributed by atoms with Gasteiger partial charge < -0.3 is 20.1 Å². The summed E-state index contributed by atoms with van der Waals surface area (Å²) in [5.41, 5.74) is 0.199. The number of nitrogens with one attached hydrogen (secondary N) is 1. The van der Waals surface area contributed by atoms with Crippen molar-refractivity contribution in [1.29, 1.82) is 0 Å². The van der Waals surface area contributed by atoms with Crippen molar-refractivity contribution >= 4 is 47.1 Å². The van der Waals surface area contributed by atoms with Crippen molar-refractivity contribution in [3.8, 4) is 5.75 Å². The van der Waals surface area contributed by atoms with E-state index >= 15 is 0 Å². The summed E-state index contributed by atoms with van der Waals surface area (Å²) in [4.78, 5) is 54.4. The molecule has 1 aliphatic carbocycles. The van der Waals surface area contributed by atoms with E-state index in [0.29, 0.717) is 0 Å². The number of carbonyl (C=O) groups is 4. The maximum atomic E-state index is 13.7. The van der Waals surface area contributed by atoms with E-state index in [9.17, 15) is 24.3 Å². The summed E-state index contributed by atoms with van der Waals surface area (Å²) in [5, 5.41) is 12.8. The first-order valence-corrected chi connectivity index (χ1v) is 13.3. The Morgan fingerprint density at radius 2 is 1.63 bits per heavy atom. The molecule has 11 heteroatoms. The zero-order valence-corrected chi connectivity index (χ0v) is 22.2. The number of aliphatic carboxylic acids is 1.